The topological polar surface area (TPSA) is 70.7 Å². The van der Waals surface area contributed by atoms with Crippen molar-refractivity contribution in [3.8, 4) is 5.75 Å². The number of hydrogen-bond donors (Lipinski definition) is 2. The molecule has 3 aromatic rings. The van der Waals surface area contributed by atoms with Gasteiger partial charge >= 0.3 is 0 Å². The van der Waals surface area contributed by atoms with Gasteiger partial charge in [-0.15, -0.1) is 0 Å². The average molecular weight is 444 g/mol. The zero-order chi connectivity index (χ0) is 23.6. The number of benzene rings is 3. The highest BCUT2D eigenvalue weighted by Crippen LogP contribution is 2.19. The van der Waals surface area contributed by atoms with Crippen molar-refractivity contribution in [2.75, 3.05) is 35.2 Å². The van der Waals surface area contributed by atoms with Gasteiger partial charge in [0, 0.05) is 35.2 Å². The number of rotatable bonds is 10. The highest BCUT2D eigenvalue weighted by molar-refractivity contribution is 6.06. The fourth-order valence-corrected chi connectivity index (χ4v) is 3.19. The first-order valence-electron chi connectivity index (χ1n) is 10.8. The Labute approximate surface area is 194 Å². The van der Waals surface area contributed by atoms with Crippen LogP contribution in [0.15, 0.2) is 91.0 Å². The van der Waals surface area contributed by atoms with Crippen molar-refractivity contribution in [1.29, 1.82) is 0 Å². The normalized spacial score (nSPS) is 10.2. The van der Waals surface area contributed by atoms with Crippen molar-refractivity contribution >= 4 is 28.9 Å². The van der Waals surface area contributed by atoms with E-state index < -0.39 is 0 Å². The smallest absolute Gasteiger partial charge is 0.258 e. The molecule has 0 aliphatic heterocycles. The summed E-state index contributed by atoms with van der Waals surface area (Å²) in [6, 6.07) is 23.9. The minimum atomic E-state index is -0.193. The van der Waals surface area contributed by atoms with Crippen LogP contribution in [0.5, 0.6) is 5.75 Å². The van der Waals surface area contributed by atoms with Gasteiger partial charge in [0.25, 0.3) is 5.91 Å². The molecule has 33 heavy (non-hydrogen) atoms. The van der Waals surface area contributed by atoms with Crippen molar-refractivity contribution < 1.29 is 14.3 Å². The maximum atomic E-state index is 12.9. The minimum Gasteiger partial charge on any atom is -0.489 e. The number of anilines is 3. The summed E-state index contributed by atoms with van der Waals surface area (Å²) in [4.78, 5) is 27.0. The Morgan fingerprint density at radius 3 is 2.33 bits per heavy atom. The van der Waals surface area contributed by atoms with E-state index in [1.165, 1.54) is 0 Å². The molecule has 0 atom stereocenters. The van der Waals surface area contributed by atoms with E-state index in [0.29, 0.717) is 30.2 Å². The van der Waals surface area contributed by atoms with Crippen LogP contribution in [0.4, 0.5) is 17.1 Å². The highest BCUT2D eigenvalue weighted by Gasteiger charge is 2.16. The Bertz CT molecular complexity index is 1100. The molecule has 0 bridgehead atoms. The summed E-state index contributed by atoms with van der Waals surface area (Å²) in [5.74, 6) is 0.430. The lowest BCUT2D eigenvalue weighted by Crippen LogP contribution is -2.30. The summed E-state index contributed by atoms with van der Waals surface area (Å²) < 4.78 is 5.62. The van der Waals surface area contributed by atoms with Gasteiger partial charge in [-0.2, -0.15) is 0 Å². The van der Waals surface area contributed by atoms with E-state index in [1.807, 2.05) is 68.4 Å². The van der Waals surface area contributed by atoms with Crippen LogP contribution in [-0.4, -0.2) is 31.5 Å². The van der Waals surface area contributed by atoms with E-state index in [9.17, 15) is 9.59 Å². The van der Waals surface area contributed by atoms with E-state index in [4.69, 9.17) is 4.74 Å². The first kappa shape index (κ1) is 23.6. The van der Waals surface area contributed by atoms with Crippen LogP contribution in [0.1, 0.15) is 24.2 Å². The molecule has 6 nitrogen and oxygen atoms in total. The molecule has 6 heteroatoms. The molecule has 3 aromatic carbocycles. The Hall–Kier alpha value is -4.06. The Balaban J connectivity index is 1.54. The molecule has 0 saturated heterocycles. The third-order valence-corrected chi connectivity index (χ3v) is 4.82. The van der Waals surface area contributed by atoms with Gasteiger partial charge in [-0.05, 0) is 68.0 Å². The molecule has 0 aromatic heterocycles. The fourth-order valence-electron chi connectivity index (χ4n) is 3.19. The molecule has 0 aliphatic carbocycles. The van der Waals surface area contributed by atoms with E-state index in [-0.39, 0.29) is 18.4 Å². The van der Waals surface area contributed by atoms with Crippen molar-refractivity contribution in [3.05, 3.63) is 96.6 Å². The van der Waals surface area contributed by atoms with E-state index >= 15 is 0 Å². The second-order valence-corrected chi connectivity index (χ2v) is 7.64. The minimum absolute atomic E-state index is 0.0861. The van der Waals surface area contributed by atoms with Crippen LogP contribution in [0.3, 0.4) is 0 Å². The number of nitrogens with one attached hydrogen (secondary N) is 2. The first-order chi connectivity index (χ1) is 16.0. The Morgan fingerprint density at radius 1 is 0.939 bits per heavy atom. The van der Waals surface area contributed by atoms with Gasteiger partial charge in [-0.25, -0.2) is 0 Å². The molecule has 0 radical (unpaired) electrons. The summed E-state index contributed by atoms with van der Waals surface area (Å²) in [6.45, 7) is 8.77. The van der Waals surface area contributed by atoms with E-state index in [0.717, 1.165) is 16.9 Å². The number of ether oxygens (including phenoxy) is 1. The second-order valence-electron chi connectivity index (χ2n) is 7.64. The van der Waals surface area contributed by atoms with Crippen molar-refractivity contribution in [2.45, 2.75) is 13.8 Å². The number of carbonyl (C=O) groups is 2. The molecule has 170 valence electrons. The van der Waals surface area contributed by atoms with Crippen LogP contribution < -0.4 is 20.3 Å². The molecule has 0 aliphatic rings. The maximum Gasteiger partial charge on any atom is 0.258 e. The van der Waals surface area contributed by atoms with Gasteiger partial charge in [0.15, 0.2) is 0 Å². The lowest BCUT2D eigenvalue weighted by atomic mass is 10.1. The van der Waals surface area contributed by atoms with Crippen LogP contribution in [-0.2, 0) is 4.79 Å². The summed E-state index contributed by atoms with van der Waals surface area (Å²) in [5.41, 5.74) is 3.75. The molecule has 0 fully saturated rings. The standard InChI is InChI=1S/C27H29N3O3/c1-4-30(24-10-6-5-7-11-24)27(32)21-13-15-22(16-14-21)29-26(31)18-28-23-9-8-12-25(17-23)33-19-20(2)3/h5-17,28H,2,4,18-19H2,1,3H3,(H,29,31). The zero-order valence-electron chi connectivity index (χ0n) is 19.0. The van der Waals surface area contributed by atoms with Gasteiger partial charge in [-0.1, -0.05) is 30.8 Å². The third-order valence-electron chi connectivity index (χ3n) is 4.82. The highest BCUT2D eigenvalue weighted by atomic mass is 16.5. The number of amides is 2. The molecular weight excluding hydrogens is 414 g/mol. The molecule has 0 spiro atoms. The summed E-state index contributed by atoms with van der Waals surface area (Å²) in [7, 11) is 0. The molecule has 0 unspecified atom stereocenters. The molecule has 2 amide bonds. The molecule has 0 heterocycles. The SMILES string of the molecule is C=C(C)COc1cccc(NCC(=O)Nc2ccc(C(=O)N(CC)c3ccccc3)cc2)c1. The maximum absolute atomic E-state index is 12.9. The molecule has 3 rings (SSSR count). The first-order valence-corrected chi connectivity index (χ1v) is 10.8. The number of hydrogen-bond acceptors (Lipinski definition) is 4. The van der Waals surface area contributed by atoms with Gasteiger partial charge < -0.3 is 20.3 Å². The van der Waals surface area contributed by atoms with Crippen LogP contribution >= 0.6 is 0 Å². The van der Waals surface area contributed by atoms with E-state index in [2.05, 4.69) is 17.2 Å². The van der Waals surface area contributed by atoms with Crippen LogP contribution in [0.2, 0.25) is 0 Å². The number of para-hydroxylation sites is 1. The van der Waals surface area contributed by atoms with Gasteiger partial charge in [0.05, 0.1) is 6.54 Å². The van der Waals surface area contributed by atoms with Crippen LogP contribution in [0, 0.1) is 0 Å². The lowest BCUT2D eigenvalue weighted by molar-refractivity contribution is -0.114. The Morgan fingerprint density at radius 2 is 1.67 bits per heavy atom. The van der Waals surface area contributed by atoms with E-state index in [1.54, 1.807) is 29.2 Å². The van der Waals surface area contributed by atoms with Crippen molar-refractivity contribution in [1.82, 2.24) is 0 Å². The lowest BCUT2D eigenvalue weighted by Gasteiger charge is -2.21. The van der Waals surface area contributed by atoms with Gasteiger partial charge in [0.2, 0.25) is 5.91 Å². The number of nitrogens with zero attached hydrogens (tertiary/aromatic N) is 1. The second kappa shape index (κ2) is 11.5. The molecule has 0 saturated carbocycles. The monoisotopic (exact) mass is 443 g/mol. The molecule has 2 N–H and O–H groups in total. The zero-order valence-corrected chi connectivity index (χ0v) is 19.0. The summed E-state index contributed by atoms with van der Waals surface area (Å²) in [5, 5.41) is 5.93. The third kappa shape index (κ3) is 6.97. The molecular formula is C27H29N3O3. The van der Waals surface area contributed by atoms with Gasteiger partial charge in [-0.3, -0.25) is 9.59 Å². The quantitative estimate of drug-likeness (QED) is 0.414. The average Bonchev–Trinajstić information content (AvgIpc) is 2.83. The van der Waals surface area contributed by atoms with Crippen molar-refractivity contribution in [3.63, 3.8) is 0 Å². The summed E-state index contributed by atoms with van der Waals surface area (Å²) >= 11 is 0. The Kier molecular flexibility index (Phi) is 8.24. The van der Waals surface area contributed by atoms with Crippen molar-refractivity contribution in [2.24, 2.45) is 0 Å². The largest absolute Gasteiger partial charge is 0.489 e. The predicted molar refractivity (Wildman–Crippen MR) is 134 cm³/mol. The summed E-state index contributed by atoms with van der Waals surface area (Å²) in [6.07, 6.45) is 0. The fraction of sp³-hybridized carbons (Fsp3) is 0.185. The number of carbonyl (C=O) groups excluding carboxylic acids is 2. The van der Waals surface area contributed by atoms with Gasteiger partial charge in [0.1, 0.15) is 12.4 Å². The van der Waals surface area contributed by atoms with Crippen LogP contribution in [0.25, 0.3) is 0 Å². The predicted octanol–water partition coefficient (Wildman–Crippen LogP) is 5.36.